The summed E-state index contributed by atoms with van der Waals surface area (Å²) in [5, 5.41) is 7.40. The van der Waals surface area contributed by atoms with E-state index in [9.17, 15) is 8.42 Å². The van der Waals surface area contributed by atoms with Crippen LogP contribution in [0.5, 0.6) is 0 Å². The zero-order valence-electron chi connectivity index (χ0n) is 10.9. The molecule has 0 aliphatic heterocycles. The predicted molar refractivity (Wildman–Crippen MR) is 73.9 cm³/mol. The Kier molecular flexibility index (Phi) is 3.18. The molecular formula is C12H11N5O3S. The van der Waals surface area contributed by atoms with E-state index in [1.165, 1.54) is 6.20 Å². The number of nitrogens with one attached hydrogen (secondary N) is 2. The molecule has 3 rings (SSSR count). The maximum atomic E-state index is 12.1. The van der Waals surface area contributed by atoms with Crippen LogP contribution >= 0.6 is 0 Å². The van der Waals surface area contributed by atoms with Gasteiger partial charge in [0.15, 0.2) is 5.03 Å². The molecule has 21 heavy (non-hydrogen) atoms. The molecule has 0 radical (unpaired) electrons. The molecule has 0 fully saturated rings. The minimum atomic E-state index is -3.83. The number of hydrogen-bond acceptors (Lipinski definition) is 6. The number of aromatic nitrogens is 4. The zero-order valence-corrected chi connectivity index (χ0v) is 11.8. The number of H-pyrrole nitrogens is 1. The van der Waals surface area contributed by atoms with Gasteiger partial charge in [0.1, 0.15) is 5.82 Å². The molecule has 9 heteroatoms. The van der Waals surface area contributed by atoms with Crippen LogP contribution in [0.25, 0.3) is 11.5 Å². The molecule has 108 valence electrons. The van der Waals surface area contributed by atoms with E-state index in [1.54, 1.807) is 19.1 Å². The minimum Gasteiger partial charge on any atom is -0.403 e. The summed E-state index contributed by atoms with van der Waals surface area (Å²) in [5.74, 6) is 0.722. The Bertz CT molecular complexity index is 854. The van der Waals surface area contributed by atoms with Gasteiger partial charge >= 0.3 is 6.01 Å². The van der Waals surface area contributed by atoms with Gasteiger partial charge in [-0.25, -0.2) is 9.71 Å². The van der Waals surface area contributed by atoms with E-state index in [-0.39, 0.29) is 16.9 Å². The Balaban J connectivity index is 1.85. The van der Waals surface area contributed by atoms with Gasteiger partial charge in [0, 0.05) is 5.56 Å². The normalized spacial score (nSPS) is 11.5. The zero-order chi connectivity index (χ0) is 14.9. The number of aromatic amines is 1. The topological polar surface area (TPSA) is 114 Å². The Morgan fingerprint density at radius 2 is 1.95 bits per heavy atom. The van der Waals surface area contributed by atoms with Crippen molar-refractivity contribution in [3.05, 3.63) is 42.4 Å². The molecule has 0 atom stereocenters. The summed E-state index contributed by atoms with van der Waals surface area (Å²) >= 11 is 0. The Morgan fingerprint density at radius 3 is 2.62 bits per heavy atom. The van der Waals surface area contributed by atoms with Gasteiger partial charge in [-0.3, -0.25) is 0 Å². The summed E-state index contributed by atoms with van der Waals surface area (Å²) in [6.07, 6.45) is 1.21. The lowest BCUT2D eigenvalue weighted by atomic mass is 10.2. The average Bonchev–Trinajstić information content (AvgIpc) is 3.09. The number of aryl methyl sites for hydroxylation is 1. The lowest BCUT2D eigenvalue weighted by Crippen LogP contribution is -2.13. The van der Waals surface area contributed by atoms with Crippen LogP contribution in [0.1, 0.15) is 5.82 Å². The minimum absolute atomic E-state index is 0.0699. The van der Waals surface area contributed by atoms with Crippen molar-refractivity contribution in [1.29, 1.82) is 0 Å². The first kappa shape index (κ1) is 13.3. The quantitative estimate of drug-likeness (QED) is 0.756. The Labute approximate surface area is 120 Å². The van der Waals surface area contributed by atoms with Crippen LogP contribution in [0.2, 0.25) is 0 Å². The average molecular weight is 305 g/mol. The Hall–Kier alpha value is -2.68. The smallest absolute Gasteiger partial charge is 0.330 e. The third-order valence-corrected chi connectivity index (χ3v) is 3.87. The number of anilines is 1. The van der Waals surface area contributed by atoms with Crippen molar-refractivity contribution in [2.45, 2.75) is 11.9 Å². The van der Waals surface area contributed by atoms with E-state index in [0.29, 0.717) is 11.4 Å². The predicted octanol–water partition coefficient (Wildman–Crippen LogP) is 1.57. The lowest BCUT2D eigenvalue weighted by molar-refractivity contribution is 0.576. The van der Waals surface area contributed by atoms with Crippen molar-refractivity contribution < 1.29 is 12.8 Å². The van der Waals surface area contributed by atoms with Crippen LogP contribution in [0.3, 0.4) is 0 Å². The molecule has 0 spiro atoms. The van der Waals surface area contributed by atoms with E-state index >= 15 is 0 Å². The van der Waals surface area contributed by atoms with E-state index < -0.39 is 10.0 Å². The van der Waals surface area contributed by atoms with Crippen LogP contribution in [-0.4, -0.2) is 28.6 Å². The molecule has 0 saturated carbocycles. The van der Waals surface area contributed by atoms with Crippen LogP contribution < -0.4 is 4.72 Å². The third-order valence-electron chi connectivity index (χ3n) is 2.64. The molecule has 3 aromatic rings. The molecule has 2 heterocycles. The molecular weight excluding hydrogens is 294 g/mol. The van der Waals surface area contributed by atoms with E-state index in [4.69, 9.17) is 4.42 Å². The highest BCUT2D eigenvalue weighted by Crippen LogP contribution is 2.20. The van der Waals surface area contributed by atoms with Crippen LogP contribution in [-0.2, 0) is 10.0 Å². The third kappa shape index (κ3) is 2.77. The van der Waals surface area contributed by atoms with Crippen LogP contribution in [0, 0.1) is 6.92 Å². The highest BCUT2D eigenvalue weighted by molar-refractivity contribution is 7.92. The van der Waals surface area contributed by atoms with Crippen molar-refractivity contribution in [2.24, 2.45) is 0 Å². The number of nitrogens with zero attached hydrogens (tertiary/aromatic N) is 3. The molecule has 2 aromatic heterocycles. The summed E-state index contributed by atoms with van der Waals surface area (Å²) < 4.78 is 31.6. The van der Waals surface area contributed by atoms with Crippen molar-refractivity contribution in [2.75, 3.05) is 4.72 Å². The molecule has 0 aliphatic carbocycles. The SMILES string of the molecule is Cc1ncc(S(=O)(=O)Nc2nnc(-c3ccccc3)o2)[nH]1. The maximum Gasteiger partial charge on any atom is 0.330 e. The number of benzene rings is 1. The second-order valence-corrected chi connectivity index (χ2v) is 5.87. The lowest BCUT2D eigenvalue weighted by Gasteiger charge is -2.00. The molecule has 0 unspecified atom stereocenters. The van der Waals surface area contributed by atoms with Gasteiger partial charge in [-0.1, -0.05) is 23.3 Å². The van der Waals surface area contributed by atoms with Gasteiger partial charge < -0.3 is 9.40 Å². The van der Waals surface area contributed by atoms with Gasteiger partial charge in [0.2, 0.25) is 5.89 Å². The fourth-order valence-electron chi connectivity index (χ4n) is 1.67. The number of hydrogen-bond donors (Lipinski definition) is 2. The molecule has 0 amide bonds. The fourth-order valence-corrected chi connectivity index (χ4v) is 2.56. The van der Waals surface area contributed by atoms with Gasteiger partial charge in [-0.15, -0.1) is 5.10 Å². The van der Waals surface area contributed by atoms with E-state index in [1.807, 2.05) is 18.2 Å². The Morgan fingerprint density at radius 1 is 1.19 bits per heavy atom. The molecule has 1 aromatic carbocycles. The monoisotopic (exact) mass is 305 g/mol. The summed E-state index contributed by atoms with van der Waals surface area (Å²) in [4.78, 5) is 6.46. The summed E-state index contributed by atoms with van der Waals surface area (Å²) in [5.41, 5.74) is 0.702. The highest BCUT2D eigenvalue weighted by Gasteiger charge is 2.20. The van der Waals surface area contributed by atoms with E-state index in [2.05, 4.69) is 24.9 Å². The van der Waals surface area contributed by atoms with Crippen molar-refractivity contribution in [1.82, 2.24) is 20.2 Å². The molecule has 0 bridgehead atoms. The standard InChI is InChI=1S/C12H11N5O3S/c1-8-13-7-10(14-8)21(18,19)17-12-16-15-11(20-12)9-5-3-2-4-6-9/h2-7H,1H3,(H,13,14)(H,16,17). The number of imidazole rings is 1. The molecule has 2 N–H and O–H groups in total. The molecule has 0 aliphatic rings. The van der Waals surface area contributed by atoms with Gasteiger partial charge in [-0.05, 0) is 19.1 Å². The molecule has 0 saturated heterocycles. The largest absolute Gasteiger partial charge is 0.403 e. The fraction of sp³-hybridized carbons (Fsp3) is 0.0833. The van der Waals surface area contributed by atoms with Gasteiger partial charge in [0.25, 0.3) is 10.0 Å². The van der Waals surface area contributed by atoms with Crippen molar-refractivity contribution >= 4 is 16.0 Å². The number of rotatable bonds is 4. The second kappa shape index (κ2) is 5.02. The second-order valence-electron chi connectivity index (χ2n) is 4.22. The first-order valence-corrected chi connectivity index (χ1v) is 7.46. The summed E-state index contributed by atoms with van der Waals surface area (Å²) in [6.45, 7) is 1.65. The summed E-state index contributed by atoms with van der Waals surface area (Å²) in [6, 6.07) is 8.84. The number of sulfonamides is 1. The maximum absolute atomic E-state index is 12.1. The van der Waals surface area contributed by atoms with Crippen molar-refractivity contribution in [3.63, 3.8) is 0 Å². The summed E-state index contributed by atoms with van der Waals surface area (Å²) in [7, 11) is -3.83. The van der Waals surface area contributed by atoms with Crippen LogP contribution in [0.4, 0.5) is 6.01 Å². The first-order chi connectivity index (χ1) is 10.0. The highest BCUT2D eigenvalue weighted by atomic mass is 32.2. The first-order valence-electron chi connectivity index (χ1n) is 5.98. The van der Waals surface area contributed by atoms with E-state index in [0.717, 1.165) is 0 Å². The van der Waals surface area contributed by atoms with Crippen molar-refractivity contribution in [3.8, 4) is 11.5 Å². The van der Waals surface area contributed by atoms with Gasteiger partial charge in [-0.2, -0.15) is 8.42 Å². The van der Waals surface area contributed by atoms with Gasteiger partial charge in [0.05, 0.1) is 6.20 Å². The van der Waals surface area contributed by atoms with Crippen LogP contribution in [0.15, 0.2) is 46.0 Å². The molecule has 8 nitrogen and oxygen atoms in total.